The van der Waals surface area contributed by atoms with Crippen LogP contribution in [0, 0.1) is 18.2 Å². The molecule has 0 aromatic heterocycles. The summed E-state index contributed by atoms with van der Waals surface area (Å²) in [6.07, 6.45) is 1.27. The first-order chi connectivity index (χ1) is 15.2. The number of hydrogen-bond acceptors (Lipinski definition) is 2. The van der Waals surface area contributed by atoms with Crippen molar-refractivity contribution in [2.45, 2.75) is 58.2 Å². The minimum Gasteiger partial charge on any atom is -0.377 e. The number of anilines is 1. The summed E-state index contributed by atoms with van der Waals surface area (Å²) >= 11 is 0. The van der Waals surface area contributed by atoms with Crippen LogP contribution in [-0.4, -0.2) is 12.1 Å². The van der Waals surface area contributed by atoms with Crippen LogP contribution in [0.2, 0.25) is 0 Å². The van der Waals surface area contributed by atoms with E-state index in [0.717, 1.165) is 16.7 Å². The summed E-state index contributed by atoms with van der Waals surface area (Å²) < 4.78 is 58.6. The van der Waals surface area contributed by atoms with Crippen LogP contribution in [0.25, 0.3) is 11.8 Å². The van der Waals surface area contributed by atoms with E-state index < -0.39 is 29.4 Å². The highest BCUT2D eigenvalue weighted by molar-refractivity contribution is 5.83. The fourth-order valence-electron chi connectivity index (χ4n) is 5.50. The molecule has 1 aliphatic heterocycles. The molecule has 5 rings (SSSR count). The van der Waals surface area contributed by atoms with Crippen molar-refractivity contribution in [1.82, 2.24) is 5.32 Å². The van der Waals surface area contributed by atoms with Crippen LogP contribution >= 0.6 is 0 Å². The monoisotopic (exact) mass is 444 g/mol. The maximum atomic E-state index is 14.7. The van der Waals surface area contributed by atoms with Gasteiger partial charge in [-0.15, -0.1) is 0 Å². The zero-order valence-electron chi connectivity index (χ0n) is 18.7. The van der Waals surface area contributed by atoms with Gasteiger partial charge in [0.1, 0.15) is 5.82 Å². The molecular formula is C26H28F4N2. The van der Waals surface area contributed by atoms with Gasteiger partial charge in [0.25, 0.3) is 5.92 Å². The van der Waals surface area contributed by atoms with Gasteiger partial charge < -0.3 is 10.6 Å². The minimum atomic E-state index is -3.47. The van der Waals surface area contributed by atoms with Crippen molar-refractivity contribution in [3.05, 3.63) is 76.7 Å². The fourth-order valence-corrected chi connectivity index (χ4v) is 5.50. The zero-order chi connectivity index (χ0) is 23.4. The van der Waals surface area contributed by atoms with Crippen molar-refractivity contribution < 1.29 is 17.6 Å². The van der Waals surface area contributed by atoms with Gasteiger partial charge in [0.2, 0.25) is 0 Å². The molecule has 6 heteroatoms. The highest BCUT2D eigenvalue weighted by Gasteiger charge is 2.86. The molecule has 4 unspecified atom stereocenters. The second-order valence-electron chi connectivity index (χ2n) is 8.66. The van der Waals surface area contributed by atoms with Gasteiger partial charge in [0, 0.05) is 28.7 Å². The molecular weight excluding hydrogens is 416 g/mol. The quantitative estimate of drug-likeness (QED) is 0.474. The van der Waals surface area contributed by atoms with Crippen LogP contribution < -0.4 is 10.6 Å². The zero-order valence-corrected chi connectivity index (χ0v) is 18.7. The summed E-state index contributed by atoms with van der Waals surface area (Å²) in [5, 5.41) is 6.21. The van der Waals surface area contributed by atoms with Gasteiger partial charge >= 0.3 is 0 Å². The second-order valence-corrected chi connectivity index (χ2v) is 8.66. The van der Waals surface area contributed by atoms with Gasteiger partial charge in [-0.2, -0.15) is 0 Å². The molecule has 0 saturated heterocycles. The molecule has 2 aromatic rings. The topological polar surface area (TPSA) is 24.1 Å². The Hall–Kier alpha value is -2.76. The van der Waals surface area contributed by atoms with Gasteiger partial charge in [0.05, 0.1) is 11.5 Å². The molecule has 2 aromatic carbocycles. The first kappa shape index (κ1) is 22.4. The SMILES string of the molecule is C=C1NC=Cc2c(NC3c4cc(F)cc(C)c4C(C)CC34C(F)C4(F)F)cccc21.CC. The number of benzene rings is 2. The van der Waals surface area contributed by atoms with Crippen molar-refractivity contribution in [3.63, 3.8) is 0 Å². The largest absolute Gasteiger partial charge is 0.377 e. The molecule has 170 valence electrons. The van der Waals surface area contributed by atoms with E-state index in [2.05, 4.69) is 17.2 Å². The van der Waals surface area contributed by atoms with E-state index in [9.17, 15) is 17.6 Å². The van der Waals surface area contributed by atoms with Gasteiger partial charge in [-0.05, 0) is 60.2 Å². The summed E-state index contributed by atoms with van der Waals surface area (Å²) in [5.74, 6) is -4.26. The molecule has 0 radical (unpaired) electrons. The molecule has 3 aliphatic rings. The summed E-state index contributed by atoms with van der Waals surface area (Å²) in [5.41, 5.74) is 2.93. The Labute approximate surface area is 186 Å². The highest BCUT2D eigenvalue weighted by Crippen LogP contribution is 2.74. The van der Waals surface area contributed by atoms with Crippen molar-refractivity contribution in [2.24, 2.45) is 5.41 Å². The predicted molar refractivity (Wildman–Crippen MR) is 122 cm³/mol. The van der Waals surface area contributed by atoms with Crippen molar-refractivity contribution in [3.8, 4) is 0 Å². The number of nitrogens with one attached hydrogen (secondary N) is 2. The van der Waals surface area contributed by atoms with Crippen molar-refractivity contribution in [1.29, 1.82) is 0 Å². The smallest absolute Gasteiger partial charge is 0.290 e. The lowest BCUT2D eigenvalue weighted by atomic mass is 9.70. The molecule has 1 fully saturated rings. The molecule has 2 nitrogen and oxygen atoms in total. The fraction of sp³-hybridized carbons (Fsp3) is 0.385. The third-order valence-corrected chi connectivity index (χ3v) is 6.89. The number of rotatable bonds is 2. The van der Waals surface area contributed by atoms with Crippen LogP contribution in [0.15, 0.2) is 43.1 Å². The number of fused-ring (bicyclic) bond motifs is 2. The van der Waals surface area contributed by atoms with E-state index in [1.807, 2.05) is 32.9 Å². The number of halogens is 4. The average molecular weight is 445 g/mol. The Morgan fingerprint density at radius 2 is 1.88 bits per heavy atom. The minimum absolute atomic E-state index is 0.00255. The van der Waals surface area contributed by atoms with E-state index in [0.29, 0.717) is 22.5 Å². The first-order valence-corrected chi connectivity index (χ1v) is 11.0. The molecule has 0 bridgehead atoms. The Morgan fingerprint density at radius 3 is 2.53 bits per heavy atom. The second kappa shape index (κ2) is 7.68. The third-order valence-electron chi connectivity index (χ3n) is 6.89. The van der Waals surface area contributed by atoms with Crippen LogP contribution in [0.1, 0.15) is 67.0 Å². The average Bonchev–Trinajstić information content (AvgIpc) is 3.17. The summed E-state index contributed by atoms with van der Waals surface area (Å²) in [4.78, 5) is 0. The maximum Gasteiger partial charge on any atom is 0.290 e. The molecule has 1 heterocycles. The number of hydrogen-bond donors (Lipinski definition) is 2. The van der Waals surface area contributed by atoms with Crippen molar-refractivity contribution in [2.75, 3.05) is 5.32 Å². The van der Waals surface area contributed by atoms with Gasteiger partial charge in [-0.3, -0.25) is 0 Å². The summed E-state index contributed by atoms with van der Waals surface area (Å²) in [7, 11) is 0. The van der Waals surface area contributed by atoms with E-state index in [-0.39, 0.29) is 12.3 Å². The molecule has 1 saturated carbocycles. The lowest BCUT2D eigenvalue weighted by Crippen LogP contribution is -2.35. The van der Waals surface area contributed by atoms with Crippen LogP contribution in [-0.2, 0) is 0 Å². The third kappa shape index (κ3) is 2.99. The summed E-state index contributed by atoms with van der Waals surface area (Å²) in [6.45, 7) is 11.6. The van der Waals surface area contributed by atoms with E-state index in [1.165, 1.54) is 12.1 Å². The van der Waals surface area contributed by atoms with Crippen molar-refractivity contribution >= 4 is 17.5 Å². The Kier molecular flexibility index (Phi) is 5.38. The number of aryl methyl sites for hydroxylation is 1. The Bertz CT molecular complexity index is 1110. The van der Waals surface area contributed by atoms with Gasteiger partial charge in [0.15, 0.2) is 6.17 Å². The van der Waals surface area contributed by atoms with Crippen LogP contribution in [0.5, 0.6) is 0 Å². The van der Waals surface area contributed by atoms with E-state index >= 15 is 0 Å². The molecule has 1 spiro atoms. The maximum absolute atomic E-state index is 14.7. The highest BCUT2D eigenvalue weighted by atomic mass is 19.3. The summed E-state index contributed by atoms with van der Waals surface area (Å²) in [6, 6.07) is 7.08. The van der Waals surface area contributed by atoms with Crippen LogP contribution in [0.4, 0.5) is 23.2 Å². The molecule has 2 aliphatic carbocycles. The standard InChI is InChI=1S/C24H22F4N2.C2H6/c1-12-9-15(25)10-18-20(12)13(2)11-23(22(26)24(23,27)28)21(18)30-19-6-4-5-16-14(3)29-8-7-17(16)19;1-2/h4-10,13,21-22,29-30H,3,11H2,1-2H3;1-2H3. The predicted octanol–water partition coefficient (Wildman–Crippen LogP) is 7.34. The molecule has 2 N–H and O–H groups in total. The lowest BCUT2D eigenvalue weighted by Gasteiger charge is -2.39. The van der Waals surface area contributed by atoms with Crippen LogP contribution in [0.3, 0.4) is 0 Å². The Morgan fingerprint density at radius 1 is 1.19 bits per heavy atom. The molecule has 4 atom stereocenters. The van der Waals surface area contributed by atoms with E-state index in [4.69, 9.17) is 0 Å². The molecule has 32 heavy (non-hydrogen) atoms. The lowest BCUT2D eigenvalue weighted by molar-refractivity contribution is 0.0395. The van der Waals surface area contributed by atoms with E-state index in [1.54, 1.807) is 25.3 Å². The normalized spacial score (nSPS) is 28.8. The molecule has 0 amide bonds. The van der Waals surface area contributed by atoms with Gasteiger partial charge in [-0.25, -0.2) is 17.6 Å². The van der Waals surface area contributed by atoms with Gasteiger partial charge in [-0.1, -0.05) is 39.5 Å². The number of alkyl halides is 3. The first-order valence-electron chi connectivity index (χ1n) is 11.0. The Balaban J connectivity index is 0.00000119.